The highest BCUT2D eigenvalue weighted by molar-refractivity contribution is 6.07. The number of benzene rings is 3. The summed E-state index contributed by atoms with van der Waals surface area (Å²) in [6.45, 7) is 4.48. The molecule has 5 rings (SSSR count). The van der Waals surface area contributed by atoms with Crippen LogP contribution in [0.2, 0.25) is 0 Å². The summed E-state index contributed by atoms with van der Waals surface area (Å²) in [6.07, 6.45) is 0.484. The van der Waals surface area contributed by atoms with Gasteiger partial charge in [-0.3, -0.25) is 9.59 Å². The van der Waals surface area contributed by atoms with Crippen molar-refractivity contribution in [3.8, 4) is 11.1 Å². The number of rotatable bonds is 11. The van der Waals surface area contributed by atoms with Gasteiger partial charge in [0.1, 0.15) is 0 Å². The van der Waals surface area contributed by atoms with Crippen molar-refractivity contribution in [2.75, 3.05) is 54.6 Å². The first-order valence-corrected chi connectivity index (χ1v) is 12.1. The number of carbonyl (C=O) groups is 2. The predicted octanol–water partition coefficient (Wildman–Crippen LogP) is 4.47. The second kappa shape index (κ2) is 10.4. The lowest BCUT2D eigenvalue weighted by Crippen LogP contribution is -2.16. The Kier molecular flexibility index (Phi) is 6.88. The Hall–Kier alpha value is -3.88. The first-order valence-electron chi connectivity index (χ1n) is 12.1. The van der Waals surface area contributed by atoms with Crippen LogP contribution in [0.15, 0.2) is 60.7 Å². The van der Waals surface area contributed by atoms with E-state index in [2.05, 4.69) is 33.4 Å². The maximum Gasteiger partial charge on any atom is 0.255 e. The van der Waals surface area contributed by atoms with Gasteiger partial charge in [-0.2, -0.15) is 0 Å². The van der Waals surface area contributed by atoms with Gasteiger partial charge in [0.15, 0.2) is 5.78 Å². The molecule has 2 heterocycles. The Morgan fingerprint density at radius 2 is 1.33 bits per heavy atom. The molecule has 0 saturated carbocycles. The molecule has 2 fully saturated rings. The molecule has 2 aliphatic heterocycles. The Morgan fingerprint density at radius 1 is 0.778 bits per heavy atom. The third-order valence-corrected chi connectivity index (χ3v) is 6.27. The van der Waals surface area contributed by atoms with Crippen molar-refractivity contribution >= 4 is 34.4 Å². The molecule has 0 spiro atoms. The highest BCUT2D eigenvalue weighted by Crippen LogP contribution is 2.34. The molecule has 186 valence electrons. The SMILES string of the molecule is CNc1cc(-c2ccc(NCC3CO3)c(NC(=O)c3cccc(C(C)=O)c3)c2)ccc1NCC1CO1. The summed E-state index contributed by atoms with van der Waals surface area (Å²) < 4.78 is 10.6. The lowest BCUT2D eigenvalue weighted by molar-refractivity contribution is 0.101. The van der Waals surface area contributed by atoms with E-state index in [1.54, 1.807) is 24.3 Å². The largest absolute Gasteiger partial charge is 0.386 e. The molecule has 0 radical (unpaired) electrons. The van der Waals surface area contributed by atoms with Gasteiger partial charge < -0.3 is 30.7 Å². The molecular weight excluding hydrogens is 456 g/mol. The van der Waals surface area contributed by atoms with Crippen LogP contribution >= 0.6 is 0 Å². The summed E-state index contributed by atoms with van der Waals surface area (Å²) in [4.78, 5) is 24.9. The monoisotopic (exact) mass is 486 g/mol. The second-order valence-corrected chi connectivity index (χ2v) is 9.03. The van der Waals surface area contributed by atoms with Crippen LogP contribution in [0.25, 0.3) is 11.1 Å². The van der Waals surface area contributed by atoms with Gasteiger partial charge in [0, 0.05) is 31.3 Å². The zero-order chi connectivity index (χ0) is 25.1. The summed E-state index contributed by atoms with van der Waals surface area (Å²) in [5, 5.41) is 13.1. The predicted molar refractivity (Wildman–Crippen MR) is 142 cm³/mol. The molecule has 0 aliphatic carbocycles. The summed E-state index contributed by atoms with van der Waals surface area (Å²) in [5.74, 6) is -0.361. The normalized spacial score (nSPS) is 17.7. The van der Waals surface area contributed by atoms with Crippen LogP contribution in [0.4, 0.5) is 22.7 Å². The van der Waals surface area contributed by atoms with Crippen molar-refractivity contribution < 1.29 is 19.1 Å². The van der Waals surface area contributed by atoms with E-state index in [0.29, 0.717) is 23.4 Å². The molecule has 2 unspecified atom stereocenters. The van der Waals surface area contributed by atoms with E-state index >= 15 is 0 Å². The van der Waals surface area contributed by atoms with Crippen molar-refractivity contribution in [1.82, 2.24) is 0 Å². The first kappa shape index (κ1) is 23.8. The molecule has 4 N–H and O–H groups in total. The van der Waals surface area contributed by atoms with Crippen molar-refractivity contribution in [2.24, 2.45) is 0 Å². The second-order valence-electron chi connectivity index (χ2n) is 9.03. The van der Waals surface area contributed by atoms with Gasteiger partial charge in [0.25, 0.3) is 5.91 Å². The molecule has 8 heteroatoms. The molecule has 0 bridgehead atoms. The number of hydrogen-bond donors (Lipinski definition) is 4. The lowest BCUT2D eigenvalue weighted by Gasteiger charge is -2.16. The van der Waals surface area contributed by atoms with Gasteiger partial charge in [0.2, 0.25) is 0 Å². The number of anilines is 4. The maximum absolute atomic E-state index is 13.1. The minimum atomic E-state index is -0.279. The summed E-state index contributed by atoms with van der Waals surface area (Å²) in [7, 11) is 1.89. The fourth-order valence-corrected chi connectivity index (χ4v) is 3.96. The van der Waals surface area contributed by atoms with E-state index < -0.39 is 0 Å². The number of epoxide rings is 2. The highest BCUT2D eigenvalue weighted by atomic mass is 16.6. The third-order valence-electron chi connectivity index (χ3n) is 6.27. The summed E-state index contributed by atoms with van der Waals surface area (Å²) >= 11 is 0. The van der Waals surface area contributed by atoms with Gasteiger partial charge in [0.05, 0.1) is 48.2 Å². The minimum Gasteiger partial charge on any atom is -0.386 e. The third kappa shape index (κ3) is 5.84. The van der Waals surface area contributed by atoms with Crippen molar-refractivity contribution in [2.45, 2.75) is 19.1 Å². The zero-order valence-electron chi connectivity index (χ0n) is 20.4. The van der Waals surface area contributed by atoms with Gasteiger partial charge in [-0.15, -0.1) is 0 Å². The smallest absolute Gasteiger partial charge is 0.255 e. The summed E-state index contributed by atoms with van der Waals surface area (Å²) in [6, 6.07) is 18.9. The number of Topliss-reactive ketones (excluding diaryl/α,β-unsaturated/α-hetero) is 1. The van der Waals surface area contributed by atoms with Crippen LogP contribution < -0.4 is 21.3 Å². The molecule has 8 nitrogen and oxygen atoms in total. The maximum atomic E-state index is 13.1. The van der Waals surface area contributed by atoms with Gasteiger partial charge in [-0.1, -0.05) is 24.3 Å². The van der Waals surface area contributed by atoms with Crippen molar-refractivity contribution in [1.29, 1.82) is 0 Å². The quantitative estimate of drug-likeness (QED) is 0.234. The van der Waals surface area contributed by atoms with Gasteiger partial charge >= 0.3 is 0 Å². The average Bonchev–Trinajstić information content (AvgIpc) is 3.82. The first-order chi connectivity index (χ1) is 17.5. The van der Waals surface area contributed by atoms with Gasteiger partial charge in [-0.05, 0) is 54.4 Å². The molecule has 0 aromatic heterocycles. The van der Waals surface area contributed by atoms with Crippen LogP contribution in [-0.4, -0.2) is 57.2 Å². The van der Waals surface area contributed by atoms with E-state index in [0.717, 1.165) is 47.9 Å². The van der Waals surface area contributed by atoms with E-state index in [-0.39, 0.29) is 23.9 Å². The molecule has 3 aromatic rings. The number of ketones is 1. The standard InChI is InChI=1S/C28H30N4O4/c1-17(33)18-4-3-5-21(10-18)28(34)32-27-12-20(7-9-25(27)31-14-23-16-36-23)19-6-8-24(26(11-19)29-2)30-13-22-15-35-22/h3-12,22-23,29-31H,13-16H2,1-2H3,(H,32,34). The number of amides is 1. The number of carbonyl (C=O) groups excluding carboxylic acids is 2. The molecule has 2 saturated heterocycles. The van der Waals surface area contributed by atoms with Gasteiger partial charge in [-0.25, -0.2) is 0 Å². The van der Waals surface area contributed by atoms with Crippen molar-refractivity contribution in [3.05, 3.63) is 71.8 Å². The molecule has 3 aromatic carbocycles. The average molecular weight is 487 g/mol. The van der Waals surface area contributed by atoms with Crippen LogP contribution in [0, 0.1) is 0 Å². The molecule has 2 atom stereocenters. The molecular formula is C28H30N4O4. The van der Waals surface area contributed by atoms with E-state index in [4.69, 9.17) is 9.47 Å². The molecule has 2 aliphatic rings. The zero-order valence-corrected chi connectivity index (χ0v) is 20.4. The number of nitrogens with one attached hydrogen (secondary N) is 4. The lowest BCUT2D eigenvalue weighted by atomic mass is 10.0. The summed E-state index contributed by atoms with van der Waals surface area (Å²) in [5.41, 5.74) is 6.36. The van der Waals surface area contributed by atoms with Crippen LogP contribution in [0.3, 0.4) is 0 Å². The van der Waals surface area contributed by atoms with E-state index in [1.165, 1.54) is 6.92 Å². The van der Waals surface area contributed by atoms with Crippen LogP contribution in [0.5, 0.6) is 0 Å². The number of ether oxygens (including phenoxy) is 2. The van der Waals surface area contributed by atoms with E-state index in [9.17, 15) is 9.59 Å². The van der Waals surface area contributed by atoms with E-state index in [1.807, 2.05) is 31.3 Å². The Morgan fingerprint density at radius 3 is 1.89 bits per heavy atom. The fourth-order valence-electron chi connectivity index (χ4n) is 3.96. The van der Waals surface area contributed by atoms with Crippen LogP contribution in [-0.2, 0) is 9.47 Å². The Labute approximate surface area is 210 Å². The Balaban J connectivity index is 1.41. The Bertz CT molecular complexity index is 1280. The van der Waals surface area contributed by atoms with Crippen molar-refractivity contribution in [3.63, 3.8) is 0 Å². The van der Waals surface area contributed by atoms with Crippen LogP contribution in [0.1, 0.15) is 27.6 Å². The minimum absolute atomic E-state index is 0.0821. The molecule has 1 amide bonds. The highest BCUT2D eigenvalue weighted by Gasteiger charge is 2.23. The fraction of sp³-hybridized carbons (Fsp3) is 0.286. The number of hydrogen-bond acceptors (Lipinski definition) is 7. The molecule has 36 heavy (non-hydrogen) atoms. The topological polar surface area (TPSA) is 107 Å².